The summed E-state index contributed by atoms with van der Waals surface area (Å²) in [5.74, 6) is -0.164. The van der Waals surface area contributed by atoms with Crippen LogP contribution in [0.15, 0.2) is 72.1 Å². The average Bonchev–Trinajstić information content (AvgIpc) is 3.59. The number of amides is 1. The van der Waals surface area contributed by atoms with E-state index in [4.69, 9.17) is 9.97 Å². The molecule has 0 radical (unpaired) electrons. The number of anilines is 1. The fraction of sp³-hybridized carbons (Fsp3) is 0.0741. The van der Waals surface area contributed by atoms with Crippen LogP contribution in [0.25, 0.3) is 42.5 Å². The van der Waals surface area contributed by atoms with Crippen LogP contribution < -0.4 is 5.32 Å². The zero-order chi connectivity index (χ0) is 21.9. The van der Waals surface area contributed by atoms with Crippen molar-refractivity contribution in [2.24, 2.45) is 0 Å². The first-order chi connectivity index (χ1) is 16.2. The maximum Gasteiger partial charge on any atom is 0.258 e. The molecule has 1 amide bonds. The van der Waals surface area contributed by atoms with Gasteiger partial charge >= 0.3 is 0 Å². The van der Waals surface area contributed by atoms with Crippen LogP contribution in [0.3, 0.4) is 0 Å². The van der Waals surface area contributed by atoms with Crippen molar-refractivity contribution >= 4 is 65.6 Å². The maximum absolute atomic E-state index is 13.5. The largest absolute Gasteiger partial charge is 0.298 e. The van der Waals surface area contributed by atoms with Gasteiger partial charge in [0.1, 0.15) is 0 Å². The third-order valence-corrected chi connectivity index (χ3v) is 8.11. The monoisotopic (exact) mass is 463 g/mol. The first kappa shape index (κ1) is 18.9. The molecule has 1 aliphatic carbocycles. The molecule has 1 aliphatic rings. The summed E-state index contributed by atoms with van der Waals surface area (Å²) in [5.41, 5.74) is 5.98. The molecule has 0 fully saturated rings. The highest BCUT2D eigenvalue weighted by molar-refractivity contribution is 7.22. The Balaban J connectivity index is 1.33. The van der Waals surface area contributed by atoms with E-state index in [-0.39, 0.29) is 5.91 Å². The molecule has 0 saturated heterocycles. The molecule has 1 N–H and O–H groups in total. The van der Waals surface area contributed by atoms with Crippen LogP contribution in [0.2, 0.25) is 0 Å². The highest BCUT2D eigenvalue weighted by atomic mass is 32.1. The van der Waals surface area contributed by atoms with Crippen molar-refractivity contribution in [2.75, 3.05) is 5.32 Å². The van der Waals surface area contributed by atoms with E-state index in [1.807, 2.05) is 47.8 Å². The quantitative estimate of drug-likeness (QED) is 0.305. The number of hydrogen-bond donors (Lipinski definition) is 1. The molecule has 33 heavy (non-hydrogen) atoms. The Hall–Kier alpha value is -3.61. The Bertz CT molecular complexity index is 1720. The van der Waals surface area contributed by atoms with E-state index in [1.165, 1.54) is 33.2 Å². The molecule has 0 spiro atoms. The summed E-state index contributed by atoms with van der Waals surface area (Å²) in [6, 6.07) is 22.4. The van der Waals surface area contributed by atoms with Crippen LogP contribution in [-0.2, 0) is 12.8 Å². The number of nitrogens with zero attached hydrogens (tertiary/aromatic N) is 2. The van der Waals surface area contributed by atoms with Gasteiger partial charge in [-0.3, -0.25) is 10.1 Å². The number of thiophene rings is 1. The van der Waals surface area contributed by atoms with Crippen LogP contribution in [0.1, 0.15) is 21.5 Å². The number of thiazole rings is 1. The van der Waals surface area contributed by atoms with Crippen molar-refractivity contribution in [1.29, 1.82) is 0 Å². The normalized spacial score (nSPS) is 12.7. The van der Waals surface area contributed by atoms with Gasteiger partial charge < -0.3 is 0 Å². The fourth-order valence-corrected chi connectivity index (χ4v) is 6.46. The summed E-state index contributed by atoms with van der Waals surface area (Å²) in [6.07, 6.45) is 2.16. The van der Waals surface area contributed by atoms with E-state index in [1.54, 1.807) is 11.3 Å². The molecule has 7 rings (SSSR count). The Morgan fingerprint density at radius 3 is 2.67 bits per heavy atom. The third-order valence-electron chi connectivity index (χ3n) is 6.30. The number of hydrogen-bond acceptors (Lipinski definition) is 5. The van der Waals surface area contributed by atoms with Crippen LogP contribution in [0.4, 0.5) is 5.13 Å². The smallest absolute Gasteiger partial charge is 0.258 e. The number of carbonyl (C=O) groups is 1. The number of para-hydroxylation sites is 1. The molecule has 3 heterocycles. The van der Waals surface area contributed by atoms with Gasteiger partial charge in [0.25, 0.3) is 5.91 Å². The molecule has 0 unspecified atom stereocenters. The Morgan fingerprint density at radius 1 is 0.879 bits per heavy atom. The summed E-state index contributed by atoms with van der Waals surface area (Å²) in [6.45, 7) is 0. The van der Waals surface area contributed by atoms with Crippen molar-refractivity contribution in [3.8, 4) is 10.6 Å². The summed E-state index contributed by atoms with van der Waals surface area (Å²) < 4.78 is 1.12. The Morgan fingerprint density at radius 2 is 1.76 bits per heavy atom. The molecule has 3 aromatic carbocycles. The summed E-state index contributed by atoms with van der Waals surface area (Å²) >= 11 is 3.16. The van der Waals surface area contributed by atoms with Crippen LogP contribution in [0.5, 0.6) is 0 Å². The van der Waals surface area contributed by atoms with Crippen molar-refractivity contribution in [2.45, 2.75) is 12.8 Å². The van der Waals surface area contributed by atoms with E-state index in [9.17, 15) is 4.79 Å². The molecule has 0 atom stereocenters. The van der Waals surface area contributed by atoms with Crippen molar-refractivity contribution < 1.29 is 4.79 Å². The van der Waals surface area contributed by atoms with Gasteiger partial charge in [-0.25, -0.2) is 9.97 Å². The molecule has 0 bridgehead atoms. The second-order valence-corrected chi connectivity index (χ2v) is 10.2. The number of carbonyl (C=O) groups excluding carboxylic acids is 1. The Labute approximate surface area is 197 Å². The molecular weight excluding hydrogens is 446 g/mol. The maximum atomic E-state index is 13.5. The van der Waals surface area contributed by atoms with Gasteiger partial charge in [0.2, 0.25) is 0 Å². The zero-order valence-electron chi connectivity index (χ0n) is 17.5. The lowest BCUT2D eigenvalue weighted by Crippen LogP contribution is -2.12. The highest BCUT2D eigenvalue weighted by Crippen LogP contribution is 2.39. The molecule has 0 aliphatic heterocycles. The lowest BCUT2D eigenvalue weighted by molar-refractivity contribution is 0.102. The minimum Gasteiger partial charge on any atom is -0.298 e. The second kappa shape index (κ2) is 7.20. The topological polar surface area (TPSA) is 54.9 Å². The third kappa shape index (κ3) is 2.98. The van der Waals surface area contributed by atoms with Crippen LogP contribution in [-0.4, -0.2) is 15.9 Å². The van der Waals surface area contributed by atoms with Crippen LogP contribution in [0, 0.1) is 0 Å². The van der Waals surface area contributed by atoms with E-state index in [0.29, 0.717) is 10.7 Å². The number of nitrogens with one attached hydrogen (secondary N) is 1. The standard InChI is InChI=1S/C27H17N3OS2/c31-26(19-14-21(22-9-4-12-32-22)28-20-8-2-1-6-17(19)20)30-27-29-25-18-7-3-5-15-10-11-16(24(15)18)13-23(25)33-27/h1-9,12-14H,10-11H2,(H,29,30,31). The number of rotatable bonds is 3. The molecule has 4 nitrogen and oxygen atoms in total. The number of benzene rings is 3. The van der Waals surface area contributed by atoms with Gasteiger partial charge in [0, 0.05) is 10.8 Å². The van der Waals surface area contributed by atoms with Gasteiger partial charge in [-0.2, -0.15) is 0 Å². The first-order valence-corrected chi connectivity index (χ1v) is 12.5. The lowest BCUT2D eigenvalue weighted by Gasteiger charge is -2.08. The predicted molar refractivity (Wildman–Crippen MR) is 138 cm³/mol. The average molecular weight is 464 g/mol. The zero-order valence-corrected chi connectivity index (χ0v) is 19.1. The van der Waals surface area contributed by atoms with Gasteiger partial charge in [0.05, 0.1) is 31.9 Å². The predicted octanol–water partition coefficient (Wildman–Crippen LogP) is 7.08. The molecule has 3 aromatic heterocycles. The number of aryl methyl sites for hydroxylation is 2. The van der Waals surface area contributed by atoms with Crippen molar-refractivity contribution in [1.82, 2.24) is 9.97 Å². The van der Waals surface area contributed by atoms with E-state index < -0.39 is 0 Å². The van der Waals surface area contributed by atoms with E-state index in [2.05, 4.69) is 29.6 Å². The number of fused-ring (bicyclic) bond motifs is 3. The second-order valence-electron chi connectivity index (χ2n) is 8.24. The van der Waals surface area contributed by atoms with E-state index in [0.717, 1.165) is 44.5 Å². The van der Waals surface area contributed by atoms with E-state index >= 15 is 0 Å². The van der Waals surface area contributed by atoms with Gasteiger partial charge in [-0.15, -0.1) is 11.3 Å². The molecule has 0 saturated carbocycles. The number of pyridine rings is 1. The highest BCUT2D eigenvalue weighted by Gasteiger charge is 2.20. The molecule has 6 aromatic rings. The molecule has 158 valence electrons. The summed E-state index contributed by atoms with van der Waals surface area (Å²) in [4.78, 5) is 24.1. The minimum atomic E-state index is -0.164. The lowest BCUT2D eigenvalue weighted by atomic mass is 10.0. The van der Waals surface area contributed by atoms with Crippen molar-refractivity contribution in [3.05, 3.63) is 88.8 Å². The van der Waals surface area contributed by atoms with Crippen molar-refractivity contribution in [3.63, 3.8) is 0 Å². The number of aromatic nitrogens is 2. The fourth-order valence-electron chi connectivity index (χ4n) is 4.84. The Kier molecular flexibility index (Phi) is 4.13. The summed E-state index contributed by atoms with van der Waals surface area (Å²) in [7, 11) is 0. The van der Waals surface area contributed by atoms with Gasteiger partial charge in [-0.1, -0.05) is 53.8 Å². The van der Waals surface area contributed by atoms with Crippen LogP contribution >= 0.6 is 22.7 Å². The molecule has 6 heteroatoms. The van der Waals surface area contributed by atoms with Gasteiger partial charge in [0.15, 0.2) is 5.13 Å². The molecular formula is C27H17N3OS2. The van der Waals surface area contributed by atoms with Gasteiger partial charge in [-0.05, 0) is 59.0 Å². The summed E-state index contributed by atoms with van der Waals surface area (Å²) in [5, 5.41) is 9.08. The SMILES string of the molecule is O=C(Nc1nc2c(cc3c4c(cccc42)CC3)s1)c1cc(-c2cccs2)nc2ccccc12. The first-order valence-electron chi connectivity index (χ1n) is 10.8. The minimum absolute atomic E-state index is 0.164.